The molecular weight excluding hydrogens is 1550 g/mol. The van der Waals surface area contributed by atoms with Crippen molar-refractivity contribution in [2.45, 2.75) is 10.8 Å². The first kappa shape index (κ1) is 75.0. The fraction of sp³-hybridized carbons (Fsp3) is 0.0164. The number of fused-ring (bicyclic) bond motifs is 16. The average Bonchev–Trinajstić information content (AvgIpc) is 1.52. The van der Waals surface area contributed by atoms with Crippen molar-refractivity contribution < 1.29 is 0 Å². The van der Waals surface area contributed by atoms with Gasteiger partial charge in [0.2, 0.25) is 0 Å². The highest BCUT2D eigenvalue weighted by Crippen LogP contribution is 2.61. The molecule has 23 aromatic rings. The fourth-order valence-electron chi connectivity index (χ4n) is 20.6. The first-order chi connectivity index (χ1) is 63.5. The van der Waals surface area contributed by atoms with E-state index in [9.17, 15) is 0 Å². The van der Waals surface area contributed by atoms with E-state index in [1.54, 1.807) is 0 Å². The molecule has 0 atom stereocenters. The van der Waals surface area contributed by atoms with Gasteiger partial charge in [-0.05, 0) is 137 Å². The van der Waals surface area contributed by atoms with Crippen LogP contribution in [0.2, 0.25) is 0 Å². The molecule has 0 amide bonds. The van der Waals surface area contributed by atoms with Gasteiger partial charge in [-0.15, -0.1) is 0 Å². The Morgan fingerprint density at radius 1 is 0.148 bits per heavy atom. The van der Waals surface area contributed by atoms with Crippen LogP contribution in [0.5, 0.6) is 0 Å². The Balaban J connectivity index is 0.000000143. The van der Waals surface area contributed by atoms with Crippen molar-refractivity contribution >= 4 is 65.2 Å². The van der Waals surface area contributed by atoms with Crippen LogP contribution >= 0.6 is 0 Å². The van der Waals surface area contributed by atoms with Crippen LogP contribution in [0.3, 0.4) is 0 Å². The highest BCUT2D eigenvalue weighted by Gasteiger charge is 2.49. The molecule has 0 saturated carbocycles. The van der Waals surface area contributed by atoms with Gasteiger partial charge in [-0.1, -0.05) is 437 Å². The summed E-state index contributed by atoms with van der Waals surface area (Å²) in [5, 5.41) is 9.13. The van der Waals surface area contributed by atoms with Crippen LogP contribution in [-0.4, -0.2) is 29.9 Å². The van der Waals surface area contributed by atoms with Gasteiger partial charge < -0.3 is 0 Å². The van der Waals surface area contributed by atoms with E-state index in [2.05, 4.69) is 443 Å². The van der Waals surface area contributed by atoms with Gasteiger partial charge in [0, 0.05) is 76.5 Å². The highest BCUT2D eigenvalue weighted by atomic mass is 14.9. The predicted octanol–water partition coefficient (Wildman–Crippen LogP) is 30.4. The monoisotopic (exact) mass is 1630 g/mol. The Hall–Kier alpha value is -16.8. The predicted molar refractivity (Wildman–Crippen MR) is 528 cm³/mol. The fourth-order valence-corrected chi connectivity index (χ4v) is 20.6. The molecule has 0 aliphatic heterocycles. The van der Waals surface area contributed by atoms with Crippen molar-refractivity contribution in [3.63, 3.8) is 0 Å². The molecule has 0 radical (unpaired) electrons. The summed E-state index contributed by atoms with van der Waals surface area (Å²) in [4.78, 5) is 31.4. The molecule has 596 valence electrons. The number of para-hydroxylation sites is 4. The standard InChI is InChI=1S/C64H41N3.C58H37N3/c1-4-17-42(18-5-1)43-31-35-45(36-32-43)61-53-27-12-15-30-58(53)66-63(67-61)48-20-16-19-47(41-48)44-33-37-46(38-34-44)62-54-39-40-56-60(59(54)52-26-11-14-29-57(52)65-62)51-25-10-13-28-55(51)64(56,49-21-6-2-7-22-49)50-23-8-3-9-24-50;1-4-17-39(18-5-1)55-47-27-12-15-30-52(47)60-57(61-55)42-20-16-19-41(37-42)38-31-33-40(34-32-38)56-48-35-36-50-54(53(48)46-26-11-14-29-51(46)59-56)45-25-10-13-28-49(45)58(50,43-21-6-2-7-22-43)44-23-8-3-9-24-44/h1-41H;1-37H. The lowest BCUT2D eigenvalue weighted by Gasteiger charge is -2.34. The number of aromatic nitrogens is 6. The van der Waals surface area contributed by atoms with Crippen molar-refractivity contribution in [2.75, 3.05) is 0 Å². The summed E-state index contributed by atoms with van der Waals surface area (Å²) in [7, 11) is 0. The SMILES string of the molecule is c1ccc(-c2ccc(-c3nc(-c4cccc(-c5ccc(-c6nc7ccccc7c7c8c(ccc67)C(c6ccccc6)(c6ccccc6)c6ccccc6-8)cc5)c4)nc4ccccc34)cc2)cc1.c1ccc(-c2nc(-c3cccc(-c4ccc(-c5nc6ccccc6c6c7c(ccc56)C(c5ccccc5)(c5ccccc5)c5ccccc5-7)cc4)c3)nc3ccccc23)cc1. The Kier molecular flexibility index (Phi) is 18.3. The summed E-state index contributed by atoms with van der Waals surface area (Å²) < 4.78 is 0. The third-order valence-corrected chi connectivity index (χ3v) is 26.3. The summed E-state index contributed by atoms with van der Waals surface area (Å²) in [5.74, 6) is 1.41. The van der Waals surface area contributed by atoms with E-state index in [1.807, 2.05) is 30.3 Å². The van der Waals surface area contributed by atoms with Crippen LogP contribution in [-0.2, 0) is 10.8 Å². The molecule has 19 aromatic carbocycles. The Bertz CT molecular complexity index is 8170. The maximum Gasteiger partial charge on any atom is 0.160 e. The molecule has 0 bridgehead atoms. The topological polar surface area (TPSA) is 77.3 Å². The molecule has 2 aliphatic carbocycles. The molecule has 0 saturated heterocycles. The lowest BCUT2D eigenvalue weighted by molar-refractivity contribution is 0.769. The molecular formula is C122H78N6. The van der Waals surface area contributed by atoms with Gasteiger partial charge in [-0.2, -0.15) is 0 Å². The summed E-state index contributed by atoms with van der Waals surface area (Å²) in [6.45, 7) is 0. The van der Waals surface area contributed by atoms with Crippen LogP contribution in [0.1, 0.15) is 44.5 Å². The normalized spacial score (nSPS) is 12.7. The maximum absolute atomic E-state index is 5.43. The zero-order valence-electron chi connectivity index (χ0n) is 69.7. The van der Waals surface area contributed by atoms with Crippen LogP contribution in [0.4, 0.5) is 0 Å². The second-order valence-electron chi connectivity index (χ2n) is 33.3. The number of pyridine rings is 2. The van der Waals surface area contributed by atoms with Crippen molar-refractivity contribution in [1.82, 2.24) is 29.9 Å². The summed E-state index contributed by atoms with van der Waals surface area (Å²) in [6, 6.07) is 170. The van der Waals surface area contributed by atoms with E-state index < -0.39 is 10.8 Å². The van der Waals surface area contributed by atoms with E-state index >= 15 is 0 Å². The smallest absolute Gasteiger partial charge is 0.160 e. The van der Waals surface area contributed by atoms with E-state index in [-0.39, 0.29) is 0 Å². The van der Waals surface area contributed by atoms with Crippen molar-refractivity contribution in [3.05, 3.63) is 518 Å². The zero-order chi connectivity index (χ0) is 84.6. The van der Waals surface area contributed by atoms with Gasteiger partial charge in [-0.3, -0.25) is 0 Å². The lowest BCUT2D eigenvalue weighted by atomic mass is 9.67. The van der Waals surface area contributed by atoms with Crippen molar-refractivity contribution in [1.29, 1.82) is 0 Å². The first-order valence-electron chi connectivity index (χ1n) is 43.8. The maximum atomic E-state index is 5.43. The molecule has 4 heterocycles. The molecule has 6 nitrogen and oxygen atoms in total. The lowest BCUT2D eigenvalue weighted by Crippen LogP contribution is -2.28. The molecule has 2 aliphatic rings. The minimum Gasteiger partial charge on any atom is -0.247 e. The van der Waals surface area contributed by atoms with E-state index in [4.69, 9.17) is 29.9 Å². The van der Waals surface area contributed by atoms with Crippen LogP contribution in [0, 0.1) is 0 Å². The molecule has 0 unspecified atom stereocenters. The Morgan fingerprint density at radius 2 is 0.406 bits per heavy atom. The van der Waals surface area contributed by atoms with Gasteiger partial charge in [0.15, 0.2) is 11.6 Å². The summed E-state index contributed by atoms with van der Waals surface area (Å²) in [6.07, 6.45) is 0. The van der Waals surface area contributed by atoms with Gasteiger partial charge in [-0.25, -0.2) is 29.9 Å². The van der Waals surface area contributed by atoms with Gasteiger partial charge in [0.1, 0.15) is 0 Å². The number of hydrogen-bond acceptors (Lipinski definition) is 6. The minimum absolute atomic E-state index is 0.482. The molecule has 0 spiro atoms. The molecule has 0 N–H and O–H groups in total. The van der Waals surface area contributed by atoms with Gasteiger partial charge in [0.25, 0.3) is 0 Å². The van der Waals surface area contributed by atoms with Gasteiger partial charge >= 0.3 is 0 Å². The average molecular weight is 1630 g/mol. The van der Waals surface area contributed by atoms with Crippen LogP contribution in [0.25, 0.3) is 189 Å². The third kappa shape index (κ3) is 12.4. The van der Waals surface area contributed by atoms with Crippen molar-refractivity contribution in [3.8, 4) is 123 Å². The number of hydrogen-bond donors (Lipinski definition) is 0. The largest absolute Gasteiger partial charge is 0.247 e. The highest BCUT2D eigenvalue weighted by molar-refractivity contribution is 6.21. The molecule has 25 rings (SSSR count). The second-order valence-corrected chi connectivity index (χ2v) is 33.3. The number of nitrogens with zero attached hydrogens (tertiary/aromatic N) is 6. The van der Waals surface area contributed by atoms with Crippen LogP contribution in [0.15, 0.2) is 473 Å². The quantitative estimate of drug-likeness (QED) is 0.107. The van der Waals surface area contributed by atoms with E-state index in [0.717, 1.165) is 133 Å². The number of benzene rings is 19. The second kappa shape index (κ2) is 31.2. The zero-order valence-corrected chi connectivity index (χ0v) is 69.7. The van der Waals surface area contributed by atoms with Gasteiger partial charge in [0.05, 0.1) is 55.7 Å². The van der Waals surface area contributed by atoms with E-state index in [0.29, 0.717) is 11.6 Å². The minimum atomic E-state index is -0.489. The third-order valence-electron chi connectivity index (χ3n) is 26.3. The summed E-state index contributed by atoms with van der Waals surface area (Å²) >= 11 is 0. The Labute approximate surface area is 741 Å². The first-order valence-corrected chi connectivity index (χ1v) is 43.8. The molecule has 128 heavy (non-hydrogen) atoms. The van der Waals surface area contributed by atoms with E-state index in [1.165, 1.54) is 88.7 Å². The molecule has 0 fully saturated rings. The van der Waals surface area contributed by atoms with Crippen LogP contribution < -0.4 is 0 Å². The number of rotatable bonds is 13. The Morgan fingerprint density at radius 3 is 0.781 bits per heavy atom. The summed E-state index contributed by atoms with van der Waals surface area (Å²) in [5.41, 5.74) is 34.9. The molecule has 6 heteroatoms. The van der Waals surface area contributed by atoms with Crippen molar-refractivity contribution in [2.24, 2.45) is 0 Å². The molecule has 4 aromatic heterocycles.